The number of hydrogen-bond acceptors (Lipinski definition) is 3. The van der Waals surface area contributed by atoms with E-state index in [-0.39, 0.29) is 10.7 Å². The van der Waals surface area contributed by atoms with Crippen molar-refractivity contribution < 1.29 is 19.8 Å². The molecule has 0 unspecified atom stereocenters. The third-order valence-electron chi connectivity index (χ3n) is 1.90. The van der Waals surface area contributed by atoms with Crippen LogP contribution < -0.4 is 4.90 Å². The van der Waals surface area contributed by atoms with Gasteiger partial charge in [0.15, 0.2) is 0 Å². The molecule has 0 heterocycles. The van der Waals surface area contributed by atoms with Crippen LogP contribution in [-0.4, -0.2) is 35.2 Å². The molecule has 0 fully saturated rings. The number of nitrogens with zero attached hydrogens (tertiary/aromatic N) is 1. The first kappa shape index (κ1) is 13.6. The van der Waals surface area contributed by atoms with Crippen LogP contribution in [0.1, 0.15) is 0 Å². The van der Waals surface area contributed by atoms with Gasteiger partial charge in [-0.25, -0.2) is 0 Å². The first-order valence-corrected chi connectivity index (χ1v) is 5.29. The lowest BCUT2D eigenvalue weighted by molar-refractivity contribution is -0.136. The molecule has 0 atom stereocenters. The molecule has 7 heteroatoms. The average molecular weight is 278 g/mol. The zero-order chi connectivity index (χ0) is 13.0. The van der Waals surface area contributed by atoms with Crippen LogP contribution >= 0.6 is 23.2 Å². The molecule has 5 nitrogen and oxygen atoms in total. The quantitative estimate of drug-likeness (QED) is 0.861. The maximum absolute atomic E-state index is 10.7. The van der Waals surface area contributed by atoms with E-state index in [2.05, 4.69) is 0 Å². The number of hydrogen-bond donors (Lipinski definition) is 2. The van der Waals surface area contributed by atoms with E-state index >= 15 is 0 Å². The number of aliphatic carboxylic acids is 2. The van der Waals surface area contributed by atoms with Gasteiger partial charge in [-0.1, -0.05) is 23.2 Å². The number of anilines is 1. The van der Waals surface area contributed by atoms with Gasteiger partial charge in [0.05, 0.1) is 10.7 Å². The highest BCUT2D eigenvalue weighted by Crippen LogP contribution is 2.28. The van der Waals surface area contributed by atoms with Gasteiger partial charge in [0.25, 0.3) is 0 Å². The summed E-state index contributed by atoms with van der Waals surface area (Å²) in [6, 6.07) is 4.44. The number of carbonyl (C=O) groups is 2. The Morgan fingerprint density at radius 1 is 1.12 bits per heavy atom. The number of rotatable bonds is 5. The molecule has 1 aromatic carbocycles. The summed E-state index contributed by atoms with van der Waals surface area (Å²) >= 11 is 11.6. The van der Waals surface area contributed by atoms with Crippen molar-refractivity contribution in [2.75, 3.05) is 18.0 Å². The molecule has 2 N–H and O–H groups in total. The highest BCUT2D eigenvalue weighted by atomic mass is 35.5. The highest BCUT2D eigenvalue weighted by Gasteiger charge is 2.17. The Bertz CT molecular complexity index is 434. The normalized spacial score (nSPS) is 10.0. The molecule has 0 saturated carbocycles. The van der Waals surface area contributed by atoms with Gasteiger partial charge >= 0.3 is 11.9 Å². The lowest BCUT2D eigenvalue weighted by Gasteiger charge is -2.21. The zero-order valence-corrected chi connectivity index (χ0v) is 10.1. The van der Waals surface area contributed by atoms with Crippen LogP contribution in [-0.2, 0) is 9.59 Å². The molecular weight excluding hydrogens is 269 g/mol. The van der Waals surface area contributed by atoms with Gasteiger partial charge in [-0.2, -0.15) is 0 Å². The Morgan fingerprint density at radius 3 is 2.12 bits per heavy atom. The number of halogens is 2. The topological polar surface area (TPSA) is 77.8 Å². The summed E-state index contributed by atoms with van der Waals surface area (Å²) in [5, 5.41) is 18.0. The second-order valence-corrected chi connectivity index (χ2v) is 4.08. The smallest absolute Gasteiger partial charge is 0.323 e. The minimum atomic E-state index is -1.15. The van der Waals surface area contributed by atoms with Crippen molar-refractivity contribution in [2.24, 2.45) is 0 Å². The van der Waals surface area contributed by atoms with Gasteiger partial charge in [-0.05, 0) is 18.2 Å². The van der Waals surface area contributed by atoms with Crippen LogP contribution in [0, 0.1) is 0 Å². The van der Waals surface area contributed by atoms with Gasteiger partial charge in [-0.3, -0.25) is 9.59 Å². The van der Waals surface area contributed by atoms with E-state index in [9.17, 15) is 9.59 Å². The molecule has 0 bridgehead atoms. The highest BCUT2D eigenvalue weighted by molar-refractivity contribution is 6.35. The SMILES string of the molecule is O=C(O)CN(CC(=O)O)c1cc(Cl)ccc1Cl. The summed E-state index contributed by atoms with van der Waals surface area (Å²) in [6.07, 6.45) is 0. The van der Waals surface area contributed by atoms with Crippen molar-refractivity contribution in [1.29, 1.82) is 0 Å². The molecule has 92 valence electrons. The maximum atomic E-state index is 10.7. The van der Waals surface area contributed by atoms with Crippen molar-refractivity contribution in [3.8, 4) is 0 Å². The van der Waals surface area contributed by atoms with Gasteiger partial charge in [0.1, 0.15) is 13.1 Å². The standard InChI is InChI=1S/C10H9Cl2NO4/c11-6-1-2-7(12)8(3-6)13(4-9(14)15)5-10(16)17/h1-3H,4-5H2,(H,14,15)(H,16,17). The largest absolute Gasteiger partial charge is 0.480 e. The van der Waals surface area contributed by atoms with Crippen molar-refractivity contribution in [1.82, 2.24) is 0 Å². The Labute approximate surface area is 107 Å². The second-order valence-electron chi connectivity index (χ2n) is 3.24. The van der Waals surface area contributed by atoms with Crippen LogP contribution in [0.15, 0.2) is 18.2 Å². The molecule has 0 spiro atoms. The molecule has 1 rings (SSSR count). The Kier molecular flexibility index (Phi) is 4.60. The Balaban J connectivity index is 3.06. The van der Waals surface area contributed by atoms with Crippen LogP contribution in [0.2, 0.25) is 10.0 Å². The predicted octanol–water partition coefficient (Wildman–Crippen LogP) is 1.97. The summed E-state index contributed by atoms with van der Waals surface area (Å²) in [6.45, 7) is -0.932. The van der Waals surface area contributed by atoms with E-state index in [0.29, 0.717) is 5.02 Å². The van der Waals surface area contributed by atoms with Crippen molar-refractivity contribution in [2.45, 2.75) is 0 Å². The van der Waals surface area contributed by atoms with E-state index in [4.69, 9.17) is 33.4 Å². The van der Waals surface area contributed by atoms with Crippen LogP contribution in [0.4, 0.5) is 5.69 Å². The molecule has 0 radical (unpaired) electrons. The lowest BCUT2D eigenvalue weighted by Crippen LogP contribution is -2.34. The van der Waals surface area contributed by atoms with Crippen LogP contribution in [0.5, 0.6) is 0 Å². The molecule has 0 aliphatic rings. The fourth-order valence-corrected chi connectivity index (χ4v) is 1.68. The van der Waals surface area contributed by atoms with Gasteiger partial charge in [0, 0.05) is 5.02 Å². The van der Waals surface area contributed by atoms with Gasteiger partial charge in [0.2, 0.25) is 0 Å². The van der Waals surface area contributed by atoms with Gasteiger partial charge < -0.3 is 15.1 Å². The van der Waals surface area contributed by atoms with E-state index in [1.54, 1.807) is 0 Å². The molecule has 1 aromatic rings. The molecule has 0 amide bonds. The molecular formula is C10H9Cl2NO4. The summed E-state index contributed by atoms with van der Waals surface area (Å²) < 4.78 is 0. The number of carboxylic acid groups (broad SMARTS) is 2. The third-order valence-corrected chi connectivity index (χ3v) is 2.46. The predicted molar refractivity (Wildman–Crippen MR) is 63.9 cm³/mol. The third kappa shape index (κ3) is 4.13. The zero-order valence-electron chi connectivity index (χ0n) is 8.56. The molecule has 0 aliphatic heterocycles. The van der Waals surface area contributed by atoms with E-state index in [0.717, 1.165) is 4.90 Å². The molecule has 17 heavy (non-hydrogen) atoms. The molecule has 0 aromatic heterocycles. The first-order chi connectivity index (χ1) is 7.90. The van der Waals surface area contributed by atoms with Crippen molar-refractivity contribution >= 4 is 40.8 Å². The van der Waals surface area contributed by atoms with E-state index in [1.807, 2.05) is 0 Å². The maximum Gasteiger partial charge on any atom is 0.323 e. The van der Waals surface area contributed by atoms with E-state index in [1.165, 1.54) is 18.2 Å². The summed E-state index contributed by atoms with van der Waals surface area (Å²) in [4.78, 5) is 22.4. The lowest BCUT2D eigenvalue weighted by atomic mass is 10.2. The number of carboxylic acids is 2. The van der Waals surface area contributed by atoms with Crippen LogP contribution in [0.25, 0.3) is 0 Å². The number of benzene rings is 1. The minimum absolute atomic E-state index is 0.247. The summed E-state index contributed by atoms with van der Waals surface area (Å²) in [7, 11) is 0. The van der Waals surface area contributed by atoms with Gasteiger partial charge in [-0.15, -0.1) is 0 Å². The monoisotopic (exact) mass is 277 g/mol. The fourth-order valence-electron chi connectivity index (χ4n) is 1.28. The van der Waals surface area contributed by atoms with Crippen LogP contribution in [0.3, 0.4) is 0 Å². The molecule has 0 saturated heterocycles. The van der Waals surface area contributed by atoms with Crippen molar-refractivity contribution in [3.63, 3.8) is 0 Å². The Hall–Kier alpha value is -1.46. The second kappa shape index (κ2) is 5.75. The first-order valence-electron chi connectivity index (χ1n) is 4.53. The van der Waals surface area contributed by atoms with E-state index < -0.39 is 25.0 Å². The minimum Gasteiger partial charge on any atom is -0.480 e. The van der Waals surface area contributed by atoms with Crippen molar-refractivity contribution in [3.05, 3.63) is 28.2 Å². The summed E-state index contributed by atoms with van der Waals surface area (Å²) in [5.41, 5.74) is 0.281. The average Bonchev–Trinajstić information content (AvgIpc) is 2.19. The fraction of sp³-hybridized carbons (Fsp3) is 0.200. The molecule has 0 aliphatic carbocycles. The summed E-state index contributed by atoms with van der Waals surface area (Å²) in [5.74, 6) is -2.30. The Morgan fingerprint density at radius 2 is 1.65 bits per heavy atom.